The molecular formula is C21H22O9. The first-order valence-corrected chi connectivity index (χ1v) is 9.46. The average Bonchev–Trinajstić information content (AvgIpc) is 2.70. The number of rotatable bonds is 3. The van der Waals surface area contributed by atoms with Crippen molar-refractivity contribution in [1.82, 2.24) is 0 Å². The number of benzene rings is 2. The number of aliphatic hydroxyl groups excluding tert-OH is 3. The van der Waals surface area contributed by atoms with E-state index in [0.717, 1.165) is 0 Å². The van der Waals surface area contributed by atoms with Gasteiger partial charge in [-0.1, -0.05) is 12.1 Å². The van der Waals surface area contributed by atoms with E-state index in [4.69, 9.17) is 14.2 Å². The molecule has 0 amide bonds. The quantitative estimate of drug-likeness (QED) is 0.493. The summed E-state index contributed by atoms with van der Waals surface area (Å²) in [5.41, 5.74) is 0.695. The van der Waals surface area contributed by atoms with Crippen LogP contribution < -0.4 is 9.47 Å². The molecule has 1 fully saturated rings. The van der Waals surface area contributed by atoms with Gasteiger partial charge in [0, 0.05) is 12.1 Å². The van der Waals surface area contributed by atoms with Gasteiger partial charge in [-0.05, 0) is 24.6 Å². The Kier molecular flexibility index (Phi) is 5.29. The lowest BCUT2D eigenvalue weighted by Gasteiger charge is -2.39. The summed E-state index contributed by atoms with van der Waals surface area (Å²) in [6, 6.07) is 8.82. The van der Waals surface area contributed by atoms with Crippen LogP contribution in [0.5, 0.6) is 23.0 Å². The maximum atomic E-state index is 12.6. The summed E-state index contributed by atoms with van der Waals surface area (Å²) in [7, 11) is 0. The smallest absolute Gasteiger partial charge is 0.229 e. The number of hydrogen-bond donors (Lipinski definition) is 5. The van der Waals surface area contributed by atoms with Crippen LogP contribution in [0.15, 0.2) is 36.4 Å². The van der Waals surface area contributed by atoms with Crippen LogP contribution in [0.1, 0.15) is 35.4 Å². The van der Waals surface area contributed by atoms with Gasteiger partial charge in [0.2, 0.25) is 6.29 Å². The molecule has 2 aliphatic rings. The molecule has 1 saturated heterocycles. The SMILES string of the molecule is C[C@@H]1O[C@@H](Oc2cc(O)c3c(c2)OC(c2ccc(O)cc2)CC3=O)[C@H](O)[C@H](O)[C@H]1O. The number of hydrogen-bond acceptors (Lipinski definition) is 9. The van der Waals surface area contributed by atoms with Crippen molar-refractivity contribution in [2.75, 3.05) is 0 Å². The zero-order valence-corrected chi connectivity index (χ0v) is 16.0. The first kappa shape index (κ1) is 20.4. The highest BCUT2D eigenvalue weighted by molar-refractivity contribution is 6.02. The highest BCUT2D eigenvalue weighted by atomic mass is 16.7. The van der Waals surface area contributed by atoms with Gasteiger partial charge in [0.05, 0.1) is 12.5 Å². The van der Waals surface area contributed by atoms with E-state index in [9.17, 15) is 30.3 Å². The van der Waals surface area contributed by atoms with Crippen molar-refractivity contribution >= 4 is 5.78 Å². The van der Waals surface area contributed by atoms with Crippen LogP contribution in [-0.4, -0.2) is 62.0 Å². The van der Waals surface area contributed by atoms with Gasteiger partial charge in [-0.3, -0.25) is 4.79 Å². The molecular weight excluding hydrogens is 396 g/mol. The Labute approximate surface area is 171 Å². The summed E-state index contributed by atoms with van der Waals surface area (Å²) in [4.78, 5) is 12.6. The van der Waals surface area contributed by atoms with E-state index in [1.54, 1.807) is 12.1 Å². The number of Topliss-reactive ketones (excluding diaryl/α,β-unsaturated/α-hetero) is 1. The van der Waals surface area contributed by atoms with E-state index in [1.807, 2.05) is 0 Å². The number of carbonyl (C=O) groups is 1. The van der Waals surface area contributed by atoms with E-state index in [1.165, 1.54) is 31.2 Å². The molecule has 0 bridgehead atoms. The zero-order valence-electron chi connectivity index (χ0n) is 16.0. The normalized spacial score (nSPS) is 31.0. The summed E-state index contributed by atoms with van der Waals surface area (Å²) in [6.07, 6.45) is -6.97. The van der Waals surface area contributed by atoms with E-state index in [2.05, 4.69) is 0 Å². The third kappa shape index (κ3) is 3.68. The first-order valence-electron chi connectivity index (χ1n) is 9.46. The summed E-state index contributed by atoms with van der Waals surface area (Å²) in [6.45, 7) is 1.52. The van der Waals surface area contributed by atoms with Crippen molar-refractivity contribution in [1.29, 1.82) is 0 Å². The molecule has 1 unspecified atom stereocenters. The van der Waals surface area contributed by atoms with Gasteiger partial charge in [-0.15, -0.1) is 0 Å². The zero-order chi connectivity index (χ0) is 21.6. The molecule has 5 N–H and O–H groups in total. The van der Waals surface area contributed by atoms with Crippen molar-refractivity contribution in [2.24, 2.45) is 0 Å². The minimum atomic E-state index is -1.53. The molecule has 0 saturated carbocycles. The summed E-state index contributed by atoms with van der Waals surface area (Å²) < 4.78 is 16.9. The Morgan fingerprint density at radius 3 is 2.40 bits per heavy atom. The summed E-state index contributed by atoms with van der Waals surface area (Å²) in [5.74, 6) is -0.444. The molecule has 0 aromatic heterocycles. The molecule has 4 rings (SSSR count). The Bertz CT molecular complexity index is 942. The molecule has 2 aromatic carbocycles. The number of carbonyl (C=O) groups excluding carboxylic acids is 1. The number of phenolic OH excluding ortho intramolecular Hbond substituents is 2. The highest BCUT2D eigenvalue weighted by Gasteiger charge is 2.43. The van der Waals surface area contributed by atoms with E-state index < -0.39 is 36.8 Å². The third-order valence-corrected chi connectivity index (χ3v) is 5.30. The van der Waals surface area contributed by atoms with Crippen molar-refractivity contribution in [2.45, 2.75) is 50.2 Å². The molecule has 0 spiro atoms. The monoisotopic (exact) mass is 418 g/mol. The fraction of sp³-hybridized carbons (Fsp3) is 0.381. The van der Waals surface area contributed by atoms with Gasteiger partial charge in [-0.25, -0.2) is 0 Å². The Balaban J connectivity index is 1.59. The summed E-state index contributed by atoms with van der Waals surface area (Å²) >= 11 is 0. The summed E-state index contributed by atoms with van der Waals surface area (Å²) in [5, 5.41) is 49.6. The molecule has 160 valence electrons. The van der Waals surface area contributed by atoms with Gasteiger partial charge in [-0.2, -0.15) is 0 Å². The van der Waals surface area contributed by atoms with Crippen LogP contribution in [0.3, 0.4) is 0 Å². The Morgan fingerprint density at radius 2 is 1.70 bits per heavy atom. The number of phenols is 2. The van der Waals surface area contributed by atoms with Gasteiger partial charge >= 0.3 is 0 Å². The molecule has 6 atom stereocenters. The maximum absolute atomic E-state index is 12.6. The highest BCUT2D eigenvalue weighted by Crippen LogP contribution is 2.42. The second kappa shape index (κ2) is 7.77. The van der Waals surface area contributed by atoms with Crippen LogP contribution >= 0.6 is 0 Å². The molecule has 0 radical (unpaired) electrons. The maximum Gasteiger partial charge on any atom is 0.229 e. The van der Waals surface area contributed by atoms with Gasteiger partial charge < -0.3 is 39.7 Å². The minimum absolute atomic E-state index is 0.0115. The van der Waals surface area contributed by atoms with Crippen LogP contribution in [0.2, 0.25) is 0 Å². The number of fused-ring (bicyclic) bond motifs is 1. The fourth-order valence-electron chi connectivity index (χ4n) is 3.60. The second-order valence-corrected chi connectivity index (χ2v) is 7.44. The van der Waals surface area contributed by atoms with Crippen LogP contribution in [0.4, 0.5) is 0 Å². The van der Waals surface area contributed by atoms with Crippen molar-refractivity contribution in [3.8, 4) is 23.0 Å². The standard InChI is InChI=1S/C21H22O9/c1-9-18(25)19(26)20(27)21(28-9)29-12-6-13(23)17-14(24)8-15(30-16(17)7-12)10-2-4-11(22)5-3-10/h2-7,9,15,18-23,25-27H,8H2,1H3/t9-,15?,18-,19+,20+,21-/m0/s1. The van der Waals surface area contributed by atoms with Crippen LogP contribution in [0.25, 0.3) is 0 Å². The van der Waals surface area contributed by atoms with Gasteiger partial charge in [0.1, 0.15) is 53.0 Å². The predicted molar refractivity (Wildman–Crippen MR) is 102 cm³/mol. The minimum Gasteiger partial charge on any atom is -0.508 e. The molecule has 9 heteroatoms. The molecule has 9 nitrogen and oxygen atoms in total. The van der Waals surface area contributed by atoms with Crippen molar-refractivity contribution < 1.29 is 44.5 Å². The van der Waals surface area contributed by atoms with E-state index in [-0.39, 0.29) is 40.8 Å². The predicted octanol–water partition coefficient (Wildman–Crippen LogP) is 1.01. The lowest BCUT2D eigenvalue weighted by atomic mass is 9.95. The Morgan fingerprint density at radius 1 is 1.00 bits per heavy atom. The number of ether oxygens (including phenoxy) is 3. The largest absolute Gasteiger partial charge is 0.508 e. The van der Waals surface area contributed by atoms with Crippen molar-refractivity contribution in [3.05, 3.63) is 47.5 Å². The molecule has 0 aliphatic carbocycles. The number of aromatic hydroxyl groups is 2. The fourth-order valence-corrected chi connectivity index (χ4v) is 3.60. The first-order chi connectivity index (χ1) is 14.2. The van der Waals surface area contributed by atoms with Gasteiger partial charge in [0.15, 0.2) is 5.78 Å². The van der Waals surface area contributed by atoms with Crippen LogP contribution in [-0.2, 0) is 4.74 Å². The Hall–Kier alpha value is -2.85. The van der Waals surface area contributed by atoms with E-state index >= 15 is 0 Å². The molecule has 30 heavy (non-hydrogen) atoms. The molecule has 2 heterocycles. The lowest BCUT2D eigenvalue weighted by Crippen LogP contribution is -2.58. The lowest BCUT2D eigenvalue weighted by molar-refractivity contribution is -0.268. The topological polar surface area (TPSA) is 146 Å². The van der Waals surface area contributed by atoms with Gasteiger partial charge in [0.25, 0.3) is 0 Å². The van der Waals surface area contributed by atoms with E-state index in [0.29, 0.717) is 5.56 Å². The molecule has 2 aliphatic heterocycles. The van der Waals surface area contributed by atoms with Crippen molar-refractivity contribution in [3.63, 3.8) is 0 Å². The third-order valence-electron chi connectivity index (χ3n) is 5.30. The second-order valence-electron chi connectivity index (χ2n) is 7.44. The number of ketones is 1. The number of aliphatic hydroxyl groups is 3. The van der Waals surface area contributed by atoms with Crippen LogP contribution in [0, 0.1) is 0 Å². The average molecular weight is 418 g/mol. The molecule has 2 aromatic rings.